The van der Waals surface area contributed by atoms with Gasteiger partial charge in [-0.2, -0.15) is 0 Å². The van der Waals surface area contributed by atoms with Crippen molar-refractivity contribution in [2.24, 2.45) is 23.7 Å². The van der Waals surface area contributed by atoms with Crippen LogP contribution in [0.4, 0.5) is 28.4 Å². The number of H-pyrrole nitrogens is 4. The minimum absolute atomic E-state index is 0.0802. The lowest BCUT2D eigenvalue weighted by Crippen LogP contribution is -2.41. The molecule has 0 bridgehead atoms. The van der Waals surface area contributed by atoms with E-state index in [1.165, 1.54) is 68.3 Å². The number of carbonyl (C=O) groups is 5. The molecule has 145 heavy (non-hydrogen) atoms. The van der Waals surface area contributed by atoms with Crippen LogP contribution in [0, 0.1) is 35.5 Å². The number of fused-ring (bicyclic) bond motifs is 12. The van der Waals surface area contributed by atoms with Crippen molar-refractivity contribution in [3.05, 3.63) is 257 Å². The fourth-order valence-electron chi connectivity index (χ4n) is 21.8. The van der Waals surface area contributed by atoms with Gasteiger partial charge in [-0.15, -0.1) is 5.92 Å². The molecule has 12 aromatic rings. The normalized spacial score (nSPS) is 19.9. The predicted molar refractivity (Wildman–Crippen MR) is 567 cm³/mol. The molecule has 0 spiro atoms. The van der Waals surface area contributed by atoms with Crippen molar-refractivity contribution in [1.29, 1.82) is 0 Å². The van der Waals surface area contributed by atoms with Gasteiger partial charge in [-0.3, -0.25) is 19.6 Å². The molecule has 8 unspecified atom stereocenters. The maximum Gasteiger partial charge on any atom is 0.411 e. The summed E-state index contributed by atoms with van der Waals surface area (Å²) in [6.45, 7) is 22.2. The number of alkyl halides is 1. The lowest BCUT2D eigenvalue weighted by atomic mass is 9.92. The Hall–Kier alpha value is -12.0. The minimum Gasteiger partial charge on any atom is -0.493 e. The van der Waals surface area contributed by atoms with E-state index in [2.05, 4.69) is 79.8 Å². The summed E-state index contributed by atoms with van der Waals surface area (Å²) in [5.41, 5.74) is 16.6. The van der Waals surface area contributed by atoms with Crippen molar-refractivity contribution in [3.63, 3.8) is 0 Å². The van der Waals surface area contributed by atoms with Crippen molar-refractivity contribution < 1.29 is 71.0 Å². The van der Waals surface area contributed by atoms with E-state index in [0.717, 1.165) is 195 Å². The standard InChI is InChI=1S/C29H34ClN3O5.C29H36ClN3O3.C29H32ClN3O3.C27H31ClFN3O3/c1-3-36-28(34)32-14-11-19(12-15-32)18-38-22-8-5-20(6-9-22)27-26-23(13-16-33(27)29(35)37-4-2)24-17-21(30)7-10-25(24)31-26;1-4-19(2)36-29(34)33-15-13-24-25-16-22(30)9-12-26(25)31-27(24)28(33)21-7-10-23(11-8-21)35-18-20-6-5-14-32(3)17-20;1-3-4-16-35-29(34)33-15-13-24-25-17-22(30)9-12-26(25)31-27(24)28(33)21-7-10-23(11-8-21)36-19-20-6-5-14-32(2)18-20;1-31-12-2-3-18(16-31)17-35-21-7-4-19(5-8-21)26-25-22(10-13-32(26)27(33)34-14-11-29)23-15-20(28)6-9-24(23)30-25/h5-10,17,19,27,31H,3-4,11-16,18H2,1-2H3;7-12,16,19-20,28,31H,4-6,13-15,17-18H2,1-3H3;7-12,17,20,28,31H,5-6,13-16,18-19H2,1-2H3;4-9,15,18,26,30H,2-3,10-14,16-17H2,1H3. The van der Waals surface area contributed by atoms with E-state index in [1.807, 2.05) is 190 Å². The van der Waals surface area contributed by atoms with Gasteiger partial charge in [0.05, 0.1) is 39.6 Å². The van der Waals surface area contributed by atoms with Crippen molar-refractivity contribution in [1.82, 2.24) is 59.1 Å². The number of carbonyl (C=O) groups excluding carboxylic acids is 5. The minimum atomic E-state index is -0.705. The highest BCUT2D eigenvalue weighted by Crippen LogP contribution is 2.47. The summed E-state index contributed by atoms with van der Waals surface area (Å²) in [6, 6.07) is 54.3. The van der Waals surface area contributed by atoms with Gasteiger partial charge in [-0.05, 0) is 324 Å². The van der Waals surface area contributed by atoms with Gasteiger partial charge in [-0.25, -0.2) is 28.4 Å². The molecule has 0 saturated carbocycles. The number of rotatable bonds is 23. The topological polar surface area (TPSA) is 258 Å². The third-order valence-electron chi connectivity index (χ3n) is 29.2. The highest BCUT2D eigenvalue weighted by Gasteiger charge is 2.42. The van der Waals surface area contributed by atoms with E-state index < -0.39 is 12.8 Å². The van der Waals surface area contributed by atoms with E-state index in [4.69, 9.17) is 89.0 Å². The van der Waals surface area contributed by atoms with E-state index in [-0.39, 0.29) is 67.9 Å². The number of nitrogens with zero attached hydrogens (tertiary/aromatic N) is 8. The van der Waals surface area contributed by atoms with Crippen molar-refractivity contribution in [2.45, 2.75) is 148 Å². The fraction of sp³-hybridized carbons (Fsp3) is 0.447. The van der Waals surface area contributed by atoms with E-state index in [1.54, 1.807) is 26.5 Å². The van der Waals surface area contributed by atoms with Crippen LogP contribution in [0.3, 0.4) is 0 Å². The number of hydrogen-bond donors (Lipinski definition) is 4. The van der Waals surface area contributed by atoms with Gasteiger partial charge in [0.2, 0.25) is 0 Å². The average molecular weight is 2060 g/mol. The average Bonchev–Trinajstić information content (AvgIpc) is 1.62. The Bertz CT molecular complexity index is 6520. The van der Waals surface area contributed by atoms with Crippen LogP contribution >= 0.6 is 46.4 Å². The summed E-state index contributed by atoms with van der Waals surface area (Å²) < 4.78 is 64.1. The highest BCUT2D eigenvalue weighted by atomic mass is 35.5. The third kappa shape index (κ3) is 25.3. The first kappa shape index (κ1) is 104. The van der Waals surface area contributed by atoms with E-state index >= 15 is 0 Å². The SMILES string of the molecule is CC#CCOC(=O)N1CCc2c([nH]c3ccc(Cl)cc23)C1c1ccc(OCC2CCCN(C)C2)cc1.CCC(C)OC(=O)N1CCc2c([nH]c3ccc(Cl)cc23)C1c1ccc(OCC2CCCN(C)C2)cc1.CCOC(=O)N1CCC(COc2ccc(C3c4[nH]c5ccc(Cl)cc5c4CCN3C(=O)OCC)cc2)CC1.CN1CCCC(COc2ccc(C3c4[nH]c5ccc(Cl)cc5c4CCN3C(=O)OCCF)cc2)C1. The Balaban J connectivity index is 0.000000132. The molecule has 4 fully saturated rings. The van der Waals surface area contributed by atoms with Crippen LogP contribution in [0.2, 0.25) is 20.1 Å². The summed E-state index contributed by atoms with van der Waals surface area (Å²) in [7, 11) is 6.50. The molecule has 20 rings (SSSR count). The monoisotopic (exact) mass is 2050 g/mol. The molecule has 4 N–H and O–H groups in total. The molecule has 8 aromatic carbocycles. The van der Waals surface area contributed by atoms with Gasteiger partial charge < -0.3 is 82.2 Å². The van der Waals surface area contributed by atoms with Crippen LogP contribution in [-0.2, 0) is 49.4 Å². The second-order valence-corrected chi connectivity index (χ2v) is 41.0. The maximum atomic E-state index is 13.2. The summed E-state index contributed by atoms with van der Waals surface area (Å²) >= 11 is 25.2. The number of aromatic amines is 4. The van der Waals surface area contributed by atoms with Crippen LogP contribution in [0.15, 0.2) is 170 Å². The molecule has 0 radical (unpaired) electrons. The number of aromatic nitrogens is 4. The first-order chi connectivity index (χ1) is 70.5. The predicted octanol–water partition coefficient (Wildman–Crippen LogP) is 23.8. The van der Waals surface area contributed by atoms with Crippen LogP contribution in [0.5, 0.6) is 23.0 Å². The Morgan fingerprint density at radius 1 is 0.379 bits per heavy atom. The molecule has 26 nitrogen and oxygen atoms in total. The lowest BCUT2D eigenvalue weighted by Gasteiger charge is -2.36. The molecule has 8 atom stereocenters. The van der Waals surface area contributed by atoms with Gasteiger partial charge in [-0.1, -0.05) is 108 Å². The second-order valence-electron chi connectivity index (χ2n) is 39.3. The third-order valence-corrected chi connectivity index (χ3v) is 30.2. The number of piperidine rings is 4. The molecule has 5 amide bonds. The van der Waals surface area contributed by atoms with E-state index in [0.29, 0.717) is 116 Å². The first-order valence-electron chi connectivity index (χ1n) is 51.3. The quantitative estimate of drug-likeness (QED) is 0.0343. The number of halogens is 5. The molecule has 4 aromatic heterocycles. The Morgan fingerprint density at radius 2 is 0.683 bits per heavy atom. The van der Waals surface area contributed by atoms with Crippen molar-refractivity contribution >= 4 is 120 Å². The molecule has 12 heterocycles. The summed E-state index contributed by atoms with van der Waals surface area (Å²) in [5, 5.41) is 7.15. The van der Waals surface area contributed by atoms with E-state index in [9.17, 15) is 28.4 Å². The van der Waals surface area contributed by atoms with Crippen LogP contribution in [-0.4, -0.2) is 255 Å². The summed E-state index contributed by atoms with van der Waals surface area (Å²) in [5.74, 6) is 10.9. The first-order valence-corrected chi connectivity index (χ1v) is 52.8. The number of likely N-dealkylation sites (tertiary alicyclic amines) is 4. The highest BCUT2D eigenvalue weighted by molar-refractivity contribution is 6.32. The zero-order chi connectivity index (χ0) is 101. The molecular formula is C114H133Cl4FN12O14. The van der Waals surface area contributed by atoms with Crippen molar-refractivity contribution in [3.8, 4) is 34.8 Å². The molecule has 8 aliphatic rings. The molecule has 0 aliphatic carbocycles. The smallest absolute Gasteiger partial charge is 0.411 e. The van der Waals surface area contributed by atoms with Gasteiger partial charge in [0.25, 0.3) is 0 Å². The Morgan fingerprint density at radius 3 is 0.986 bits per heavy atom. The van der Waals surface area contributed by atoms with Gasteiger partial charge in [0.15, 0.2) is 6.61 Å². The fourth-order valence-corrected chi connectivity index (χ4v) is 22.5. The van der Waals surface area contributed by atoms with Gasteiger partial charge >= 0.3 is 30.5 Å². The zero-order valence-electron chi connectivity index (χ0n) is 84.1. The molecule has 768 valence electrons. The number of hydrogen-bond acceptors (Lipinski definition) is 17. The Kier molecular flexibility index (Phi) is 35.3. The molecule has 8 aliphatic heterocycles. The molecular weight excluding hydrogens is 1920 g/mol. The molecule has 4 saturated heterocycles. The van der Waals surface area contributed by atoms with Crippen LogP contribution < -0.4 is 18.9 Å². The summed E-state index contributed by atoms with van der Waals surface area (Å²) in [6.07, 6.45) is 10.8. The second kappa shape index (κ2) is 49.0. The number of benzene rings is 8. The van der Waals surface area contributed by atoms with Crippen LogP contribution in [0.25, 0.3) is 43.6 Å². The summed E-state index contributed by atoms with van der Waals surface area (Å²) in [4.78, 5) is 94.2. The lowest BCUT2D eigenvalue weighted by molar-refractivity contribution is 0.0578. The molecule has 31 heteroatoms. The number of nitrogens with one attached hydrogen (secondary N) is 4. The number of amides is 5. The van der Waals surface area contributed by atoms with Crippen molar-refractivity contribution in [2.75, 3.05) is 159 Å². The maximum absolute atomic E-state index is 13.2. The Labute approximate surface area is 868 Å². The van der Waals surface area contributed by atoms with Crippen LogP contribution in [0.1, 0.15) is 184 Å². The van der Waals surface area contributed by atoms with Gasteiger partial charge in [0.1, 0.15) is 66.6 Å². The van der Waals surface area contributed by atoms with Gasteiger partial charge in [0, 0.05) is 163 Å². The largest absolute Gasteiger partial charge is 0.493 e. The zero-order valence-corrected chi connectivity index (χ0v) is 87.1. The number of ether oxygens (including phenoxy) is 9.